The van der Waals surface area contributed by atoms with Gasteiger partial charge in [0.1, 0.15) is 0 Å². The molecule has 1 fully saturated rings. The molecule has 0 unspecified atom stereocenters. The summed E-state index contributed by atoms with van der Waals surface area (Å²) >= 11 is 0. The summed E-state index contributed by atoms with van der Waals surface area (Å²) in [5, 5.41) is 10.4. The molecular formula is C14H26N6O. The van der Waals surface area contributed by atoms with E-state index in [0.717, 1.165) is 31.9 Å². The topological polar surface area (TPSA) is 78.6 Å². The fourth-order valence-electron chi connectivity index (χ4n) is 2.58. The molecule has 0 saturated carbocycles. The van der Waals surface area contributed by atoms with Crippen molar-refractivity contribution in [2.75, 3.05) is 26.7 Å². The van der Waals surface area contributed by atoms with Crippen molar-refractivity contribution in [2.24, 2.45) is 4.99 Å². The van der Waals surface area contributed by atoms with Crippen LogP contribution in [-0.2, 0) is 6.54 Å². The van der Waals surface area contributed by atoms with Gasteiger partial charge < -0.3 is 20.1 Å². The summed E-state index contributed by atoms with van der Waals surface area (Å²) in [5.74, 6) is 2.02. The molecule has 0 amide bonds. The van der Waals surface area contributed by atoms with Crippen LogP contribution in [0.5, 0.6) is 0 Å². The normalized spacial score (nSPS) is 18.0. The molecule has 1 aromatic heterocycles. The summed E-state index contributed by atoms with van der Waals surface area (Å²) in [6.45, 7) is 8.06. The fourth-order valence-corrected chi connectivity index (χ4v) is 2.58. The van der Waals surface area contributed by atoms with Crippen LogP contribution in [0.1, 0.15) is 37.9 Å². The number of piperidine rings is 1. The Morgan fingerprint density at radius 2 is 2.19 bits per heavy atom. The molecule has 0 aromatic carbocycles. The molecule has 21 heavy (non-hydrogen) atoms. The van der Waals surface area contributed by atoms with Gasteiger partial charge in [0, 0.05) is 26.2 Å². The number of rotatable bonds is 5. The first-order valence-corrected chi connectivity index (χ1v) is 7.70. The lowest BCUT2D eigenvalue weighted by molar-refractivity contribution is 0.206. The van der Waals surface area contributed by atoms with Crippen LogP contribution >= 0.6 is 0 Å². The van der Waals surface area contributed by atoms with Gasteiger partial charge in [-0.15, -0.1) is 0 Å². The Morgan fingerprint density at radius 3 is 2.76 bits per heavy atom. The first kappa shape index (κ1) is 15.8. The van der Waals surface area contributed by atoms with Crippen molar-refractivity contribution >= 4 is 5.96 Å². The number of hydrogen-bond donors (Lipinski definition) is 2. The van der Waals surface area contributed by atoms with Crippen molar-refractivity contribution in [1.29, 1.82) is 0 Å². The average molecular weight is 294 g/mol. The van der Waals surface area contributed by atoms with Crippen molar-refractivity contribution < 1.29 is 4.52 Å². The van der Waals surface area contributed by atoms with E-state index in [-0.39, 0.29) is 0 Å². The highest BCUT2D eigenvalue weighted by Crippen LogP contribution is 2.10. The van der Waals surface area contributed by atoms with Crippen molar-refractivity contribution in [3.8, 4) is 0 Å². The third-order valence-electron chi connectivity index (χ3n) is 3.67. The number of guanidine groups is 1. The Bertz CT molecular complexity index is 450. The monoisotopic (exact) mass is 294 g/mol. The zero-order valence-electron chi connectivity index (χ0n) is 13.2. The van der Waals surface area contributed by atoms with Crippen LogP contribution in [0.25, 0.3) is 0 Å². The molecule has 0 radical (unpaired) electrons. The molecule has 2 rings (SSSR count). The van der Waals surface area contributed by atoms with Gasteiger partial charge in [-0.05, 0) is 32.7 Å². The molecule has 0 spiro atoms. The van der Waals surface area contributed by atoms with Crippen molar-refractivity contribution in [2.45, 2.75) is 45.7 Å². The maximum absolute atomic E-state index is 5.08. The van der Waals surface area contributed by atoms with Crippen LogP contribution < -0.4 is 10.6 Å². The Labute approximate surface area is 126 Å². The van der Waals surface area contributed by atoms with E-state index in [2.05, 4.69) is 37.6 Å². The summed E-state index contributed by atoms with van der Waals surface area (Å²) < 4.78 is 5.08. The number of aliphatic imine (C=N–C) groups is 1. The fraction of sp³-hybridized carbons (Fsp3) is 0.786. The minimum absolute atomic E-state index is 0.480. The van der Waals surface area contributed by atoms with Crippen molar-refractivity contribution in [1.82, 2.24) is 25.7 Å². The van der Waals surface area contributed by atoms with E-state index in [0.29, 0.717) is 24.3 Å². The van der Waals surface area contributed by atoms with Crippen LogP contribution in [0.3, 0.4) is 0 Å². The molecule has 0 bridgehead atoms. The lowest BCUT2D eigenvalue weighted by atomic mass is 10.1. The molecule has 1 aliphatic rings. The lowest BCUT2D eigenvalue weighted by Gasteiger charge is -2.32. The van der Waals surface area contributed by atoms with Gasteiger partial charge in [0.05, 0.1) is 6.54 Å². The van der Waals surface area contributed by atoms with Crippen molar-refractivity contribution in [3.05, 3.63) is 11.7 Å². The van der Waals surface area contributed by atoms with Crippen molar-refractivity contribution in [3.63, 3.8) is 0 Å². The zero-order valence-corrected chi connectivity index (χ0v) is 13.2. The predicted octanol–water partition coefficient (Wildman–Crippen LogP) is 0.917. The number of likely N-dealkylation sites (tertiary alicyclic amines) is 1. The smallest absolute Gasteiger partial charge is 0.246 e. The molecule has 7 heteroatoms. The van der Waals surface area contributed by atoms with Crippen LogP contribution in [-0.4, -0.2) is 53.7 Å². The quantitative estimate of drug-likeness (QED) is 0.621. The average Bonchev–Trinajstić information content (AvgIpc) is 2.91. The highest BCUT2D eigenvalue weighted by atomic mass is 16.5. The van der Waals surface area contributed by atoms with Crippen LogP contribution in [0.15, 0.2) is 9.52 Å². The maximum atomic E-state index is 5.08. The summed E-state index contributed by atoms with van der Waals surface area (Å²) in [6.07, 6.45) is 3.53. The molecule has 2 N–H and O–H groups in total. The van der Waals surface area contributed by atoms with E-state index in [1.807, 2.05) is 6.92 Å². The summed E-state index contributed by atoms with van der Waals surface area (Å²) in [4.78, 5) is 10.9. The van der Waals surface area contributed by atoms with Gasteiger partial charge in [-0.2, -0.15) is 4.98 Å². The van der Waals surface area contributed by atoms with Crippen LogP contribution in [0.4, 0.5) is 0 Å². The number of nitrogens with one attached hydrogen (secondary N) is 2. The zero-order chi connectivity index (χ0) is 15.1. The lowest BCUT2D eigenvalue weighted by Crippen LogP contribution is -2.48. The molecular weight excluding hydrogens is 268 g/mol. The minimum Gasteiger partial charge on any atom is -0.354 e. The van der Waals surface area contributed by atoms with E-state index in [1.54, 1.807) is 7.05 Å². The Hall–Kier alpha value is -1.63. The number of nitrogens with zero attached hydrogens (tertiary/aromatic N) is 4. The number of aryl methyl sites for hydroxylation is 1. The van der Waals surface area contributed by atoms with Gasteiger partial charge in [0.25, 0.3) is 0 Å². The highest BCUT2D eigenvalue weighted by molar-refractivity contribution is 5.79. The standard InChI is InChI=1S/C14H26N6O/c1-4-7-20-8-5-12(6-9-20)18-14(15-3)16-10-13-17-11(2)19-21-13/h12H,4-10H2,1-3H3,(H2,15,16,18). The Kier molecular flexibility index (Phi) is 5.98. The van der Waals surface area contributed by atoms with Crippen LogP contribution in [0, 0.1) is 6.92 Å². The molecule has 1 saturated heterocycles. The van der Waals surface area contributed by atoms with E-state index >= 15 is 0 Å². The summed E-state index contributed by atoms with van der Waals surface area (Å²) in [6, 6.07) is 0.480. The van der Waals surface area contributed by atoms with Gasteiger partial charge in [-0.25, -0.2) is 0 Å². The van der Waals surface area contributed by atoms with Crippen LogP contribution in [0.2, 0.25) is 0 Å². The summed E-state index contributed by atoms with van der Waals surface area (Å²) in [5.41, 5.74) is 0. The van der Waals surface area contributed by atoms with E-state index in [1.165, 1.54) is 13.0 Å². The Morgan fingerprint density at radius 1 is 1.43 bits per heavy atom. The van der Waals surface area contributed by atoms with Gasteiger partial charge in [-0.3, -0.25) is 4.99 Å². The van der Waals surface area contributed by atoms with E-state index in [4.69, 9.17) is 4.52 Å². The molecule has 0 atom stereocenters. The second-order valence-corrected chi connectivity index (χ2v) is 5.42. The minimum atomic E-state index is 0.480. The van der Waals surface area contributed by atoms with Gasteiger partial charge in [0.2, 0.25) is 5.89 Å². The second kappa shape index (κ2) is 7.97. The number of hydrogen-bond acceptors (Lipinski definition) is 5. The SMILES string of the molecule is CCCN1CCC(NC(=NC)NCc2nc(C)no2)CC1. The van der Waals surface area contributed by atoms with Gasteiger partial charge in [-0.1, -0.05) is 12.1 Å². The predicted molar refractivity (Wildman–Crippen MR) is 82.1 cm³/mol. The molecule has 1 aromatic rings. The van der Waals surface area contributed by atoms with Gasteiger partial charge >= 0.3 is 0 Å². The Balaban J connectivity index is 1.73. The first-order valence-electron chi connectivity index (χ1n) is 7.70. The second-order valence-electron chi connectivity index (χ2n) is 5.42. The van der Waals surface area contributed by atoms with E-state index in [9.17, 15) is 0 Å². The number of aromatic nitrogens is 2. The maximum Gasteiger partial charge on any atom is 0.246 e. The molecule has 1 aliphatic heterocycles. The van der Waals surface area contributed by atoms with Gasteiger partial charge in [0.15, 0.2) is 11.8 Å². The molecule has 7 nitrogen and oxygen atoms in total. The first-order chi connectivity index (χ1) is 10.2. The third kappa shape index (κ3) is 5.00. The largest absolute Gasteiger partial charge is 0.354 e. The summed E-state index contributed by atoms with van der Waals surface area (Å²) in [7, 11) is 1.78. The molecule has 118 valence electrons. The highest BCUT2D eigenvalue weighted by Gasteiger charge is 2.19. The molecule has 0 aliphatic carbocycles. The third-order valence-corrected chi connectivity index (χ3v) is 3.67. The molecule has 2 heterocycles. The van der Waals surface area contributed by atoms with E-state index < -0.39 is 0 Å².